The molecule has 0 unspecified atom stereocenters. The van der Waals surface area contributed by atoms with E-state index in [1.54, 1.807) is 31.4 Å². The van der Waals surface area contributed by atoms with Crippen LogP contribution in [0.3, 0.4) is 0 Å². The number of fused-ring (bicyclic) bond motifs is 1. The Balaban J connectivity index is 1.84. The summed E-state index contributed by atoms with van der Waals surface area (Å²) in [7, 11) is 1.58. The van der Waals surface area contributed by atoms with Gasteiger partial charge in [-0.2, -0.15) is 0 Å². The summed E-state index contributed by atoms with van der Waals surface area (Å²) < 4.78 is 11.3. The monoisotopic (exact) mass is 356 g/mol. The molecule has 3 rings (SSSR count). The maximum atomic E-state index is 12.2. The Bertz CT molecular complexity index is 843. The second-order valence-electron chi connectivity index (χ2n) is 4.75. The second kappa shape index (κ2) is 6.20. The fraction of sp³-hybridized carbons (Fsp3) is 0.0556. The summed E-state index contributed by atoms with van der Waals surface area (Å²) in [5.41, 5.74) is 0.459. The third-order valence-corrected chi connectivity index (χ3v) is 3.94. The highest BCUT2D eigenvalue weighted by atomic mass is 79.9. The van der Waals surface area contributed by atoms with Gasteiger partial charge >= 0.3 is 5.97 Å². The minimum Gasteiger partial charge on any atom is -0.496 e. The number of hydrogen-bond acceptors (Lipinski definition) is 3. The van der Waals surface area contributed by atoms with Crippen molar-refractivity contribution in [2.45, 2.75) is 0 Å². The molecule has 0 N–H and O–H groups in total. The Morgan fingerprint density at radius 3 is 2.45 bits per heavy atom. The maximum Gasteiger partial charge on any atom is 0.343 e. The molecule has 110 valence electrons. The van der Waals surface area contributed by atoms with Gasteiger partial charge in [-0.1, -0.05) is 30.3 Å². The van der Waals surface area contributed by atoms with Gasteiger partial charge in [0.1, 0.15) is 11.5 Å². The van der Waals surface area contributed by atoms with Gasteiger partial charge in [0.15, 0.2) is 0 Å². The SMILES string of the molecule is COc1ccc(C(=O)Oc2ccc3ccccc3c2)cc1Br. The van der Waals surface area contributed by atoms with Crippen molar-refractivity contribution in [3.05, 3.63) is 70.7 Å². The highest BCUT2D eigenvalue weighted by Gasteiger charge is 2.11. The molecule has 0 spiro atoms. The fourth-order valence-corrected chi connectivity index (χ4v) is 2.73. The first-order valence-electron chi connectivity index (χ1n) is 6.72. The highest BCUT2D eigenvalue weighted by Crippen LogP contribution is 2.26. The Morgan fingerprint density at radius 2 is 1.73 bits per heavy atom. The lowest BCUT2D eigenvalue weighted by Crippen LogP contribution is -2.08. The van der Waals surface area contributed by atoms with Gasteiger partial charge in [-0.25, -0.2) is 4.79 Å². The number of ether oxygens (including phenoxy) is 2. The summed E-state index contributed by atoms with van der Waals surface area (Å²) in [6.45, 7) is 0. The molecule has 0 aliphatic heterocycles. The van der Waals surface area contributed by atoms with Gasteiger partial charge in [-0.05, 0) is 57.0 Å². The van der Waals surface area contributed by atoms with Crippen molar-refractivity contribution in [3.63, 3.8) is 0 Å². The molecule has 0 atom stereocenters. The van der Waals surface area contributed by atoms with E-state index in [0.717, 1.165) is 10.8 Å². The summed E-state index contributed by atoms with van der Waals surface area (Å²) in [6.07, 6.45) is 0. The summed E-state index contributed by atoms with van der Waals surface area (Å²) in [5, 5.41) is 2.14. The molecule has 3 nitrogen and oxygen atoms in total. The van der Waals surface area contributed by atoms with Gasteiger partial charge in [0.2, 0.25) is 0 Å². The number of carbonyl (C=O) groups excluding carboxylic acids is 1. The quantitative estimate of drug-likeness (QED) is 0.498. The number of rotatable bonds is 3. The van der Waals surface area contributed by atoms with Crippen LogP contribution in [-0.4, -0.2) is 13.1 Å². The smallest absolute Gasteiger partial charge is 0.343 e. The van der Waals surface area contributed by atoms with E-state index in [-0.39, 0.29) is 0 Å². The Labute approximate surface area is 136 Å². The molecule has 0 heterocycles. The lowest BCUT2D eigenvalue weighted by atomic mass is 10.1. The molecule has 0 aromatic heterocycles. The van der Waals surface area contributed by atoms with E-state index in [1.165, 1.54) is 0 Å². The van der Waals surface area contributed by atoms with Gasteiger partial charge in [0.25, 0.3) is 0 Å². The van der Waals surface area contributed by atoms with Crippen molar-refractivity contribution >= 4 is 32.7 Å². The van der Waals surface area contributed by atoms with E-state index in [9.17, 15) is 4.79 Å². The van der Waals surface area contributed by atoms with Crippen molar-refractivity contribution in [2.24, 2.45) is 0 Å². The third kappa shape index (κ3) is 2.97. The van der Waals surface area contributed by atoms with Crippen LogP contribution in [0.25, 0.3) is 10.8 Å². The number of halogens is 1. The van der Waals surface area contributed by atoms with E-state index in [4.69, 9.17) is 9.47 Å². The third-order valence-electron chi connectivity index (χ3n) is 3.32. The van der Waals surface area contributed by atoms with Crippen LogP contribution in [0.2, 0.25) is 0 Å². The number of carbonyl (C=O) groups is 1. The molecule has 4 heteroatoms. The standard InChI is InChI=1S/C18H13BrO3/c1-21-17-9-7-14(11-16(17)19)18(20)22-15-8-6-12-4-2-3-5-13(12)10-15/h2-11H,1H3. The van der Waals surface area contributed by atoms with Crippen molar-refractivity contribution in [1.82, 2.24) is 0 Å². The van der Waals surface area contributed by atoms with E-state index in [0.29, 0.717) is 21.5 Å². The molecular formula is C18H13BrO3. The maximum absolute atomic E-state index is 12.2. The number of benzene rings is 3. The van der Waals surface area contributed by atoms with E-state index < -0.39 is 5.97 Å². The van der Waals surface area contributed by atoms with Gasteiger partial charge in [-0.15, -0.1) is 0 Å². The lowest BCUT2D eigenvalue weighted by Gasteiger charge is -2.08. The van der Waals surface area contributed by atoms with Crippen molar-refractivity contribution < 1.29 is 14.3 Å². The van der Waals surface area contributed by atoms with Crippen LogP contribution in [0.4, 0.5) is 0 Å². The van der Waals surface area contributed by atoms with Gasteiger partial charge < -0.3 is 9.47 Å². The topological polar surface area (TPSA) is 35.5 Å². The Hall–Kier alpha value is -2.33. The lowest BCUT2D eigenvalue weighted by molar-refractivity contribution is 0.0735. The molecule has 0 amide bonds. The largest absolute Gasteiger partial charge is 0.496 e. The van der Waals surface area contributed by atoms with Crippen molar-refractivity contribution in [2.75, 3.05) is 7.11 Å². The van der Waals surface area contributed by atoms with Crippen LogP contribution in [0, 0.1) is 0 Å². The predicted molar refractivity (Wildman–Crippen MR) is 89.6 cm³/mol. The molecule has 3 aromatic carbocycles. The van der Waals surface area contributed by atoms with Crippen molar-refractivity contribution in [3.8, 4) is 11.5 Å². The minimum atomic E-state index is -0.404. The van der Waals surface area contributed by atoms with Crippen LogP contribution in [0.1, 0.15) is 10.4 Å². The fourth-order valence-electron chi connectivity index (χ4n) is 2.19. The molecular weight excluding hydrogens is 344 g/mol. The molecule has 22 heavy (non-hydrogen) atoms. The van der Waals surface area contributed by atoms with Crippen LogP contribution >= 0.6 is 15.9 Å². The number of esters is 1. The average molecular weight is 357 g/mol. The first-order chi connectivity index (χ1) is 10.7. The summed E-state index contributed by atoms with van der Waals surface area (Å²) >= 11 is 3.36. The Morgan fingerprint density at radius 1 is 0.955 bits per heavy atom. The molecule has 0 aliphatic carbocycles. The zero-order valence-electron chi connectivity index (χ0n) is 11.9. The predicted octanol–water partition coefficient (Wildman–Crippen LogP) is 4.83. The molecule has 0 saturated heterocycles. The molecule has 0 saturated carbocycles. The first-order valence-corrected chi connectivity index (χ1v) is 7.51. The van der Waals surface area contributed by atoms with Gasteiger partial charge in [-0.3, -0.25) is 0 Å². The minimum absolute atomic E-state index is 0.404. The van der Waals surface area contributed by atoms with Crippen LogP contribution in [0.5, 0.6) is 11.5 Å². The summed E-state index contributed by atoms with van der Waals surface area (Å²) in [4.78, 5) is 12.2. The van der Waals surface area contributed by atoms with Crippen LogP contribution in [-0.2, 0) is 0 Å². The van der Waals surface area contributed by atoms with E-state index in [1.807, 2.05) is 36.4 Å². The molecule has 0 aliphatic rings. The zero-order chi connectivity index (χ0) is 15.5. The molecule has 0 fully saturated rings. The van der Waals surface area contributed by atoms with E-state index in [2.05, 4.69) is 15.9 Å². The average Bonchev–Trinajstić information content (AvgIpc) is 2.54. The molecule has 0 bridgehead atoms. The number of methoxy groups -OCH3 is 1. The van der Waals surface area contributed by atoms with Gasteiger partial charge in [0, 0.05) is 0 Å². The number of hydrogen-bond donors (Lipinski definition) is 0. The second-order valence-corrected chi connectivity index (χ2v) is 5.60. The summed E-state index contributed by atoms with van der Waals surface area (Å²) in [6, 6.07) is 18.6. The Kier molecular flexibility index (Phi) is 4.11. The van der Waals surface area contributed by atoms with Crippen LogP contribution in [0.15, 0.2) is 65.1 Å². The van der Waals surface area contributed by atoms with Crippen molar-refractivity contribution in [1.29, 1.82) is 0 Å². The molecule has 3 aromatic rings. The van der Waals surface area contributed by atoms with Gasteiger partial charge in [0.05, 0.1) is 17.1 Å². The zero-order valence-corrected chi connectivity index (χ0v) is 13.5. The summed E-state index contributed by atoms with van der Waals surface area (Å²) in [5.74, 6) is 0.788. The first kappa shape index (κ1) is 14.6. The highest BCUT2D eigenvalue weighted by molar-refractivity contribution is 9.10. The molecule has 0 radical (unpaired) electrons. The van der Waals surface area contributed by atoms with Crippen LogP contribution < -0.4 is 9.47 Å². The normalized spacial score (nSPS) is 10.5. The van der Waals surface area contributed by atoms with E-state index >= 15 is 0 Å².